The number of aliphatic hydroxyl groups excluding tert-OH is 2. The molecule has 0 fully saturated rings. The Balaban J connectivity index is 6.31. The number of hydrogen-bond acceptors (Lipinski definition) is 15. The number of rotatable bonds is 28. The van der Waals surface area contributed by atoms with Crippen molar-refractivity contribution < 1.29 is 88.2 Å². The molecule has 0 aliphatic heterocycles. The standard InChI is InChI=1S/C30H47N9O18/c1-11(41)23(30(56)57)39-27(53)13(2-5-18(32)42)36-29(55)17(10-40)38-28(54)16(9-19(33)43)37-26(52)15(4-7-21(46)47)35-25(51)14(3-6-20(44)45)34-24(50)12(31)8-22(48)49/h11-17,23,40-41H,2-10,31H2,1H3,(H2,32,42)(H2,33,43)(H,34,50)(H,35,51)(H,36,55)(H,37,52)(H,38,54)(H,39,53)(H,44,45)(H,46,47)(H,48,49)(H,56,57)/t11-,12+,13+,14+,15+,16+,17+,23+/m1/s1. The number of nitrogens with two attached hydrogens (primary N) is 3. The Bertz CT molecular complexity index is 1540. The van der Waals surface area contributed by atoms with Crippen LogP contribution in [0.4, 0.5) is 0 Å². The molecule has 0 aliphatic carbocycles. The first kappa shape index (κ1) is 50.5. The molecule has 0 radical (unpaired) electrons. The molecule has 320 valence electrons. The molecule has 8 amide bonds. The number of primary amides is 2. The highest BCUT2D eigenvalue weighted by Crippen LogP contribution is 2.07. The molecule has 0 unspecified atom stereocenters. The molecule has 27 heteroatoms. The predicted molar refractivity (Wildman–Crippen MR) is 184 cm³/mol. The average molecular weight is 822 g/mol. The quantitative estimate of drug-likeness (QED) is 0.0348. The van der Waals surface area contributed by atoms with E-state index in [1.807, 2.05) is 21.3 Å². The Labute approximate surface area is 321 Å². The second-order valence-electron chi connectivity index (χ2n) is 12.3. The van der Waals surface area contributed by atoms with Crippen LogP contribution in [0.5, 0.6) is 0 Å². The number of nitrogens with one attached hydrogen (secondary N) is 6. The van der Waals surface area contributed by atoms with Crippen LogP contribution in [0.2, 0.25) is 0 Å². The molecule has 0 saturated carbocycles. The maximum Gasteiger partial charge on any atom is 0.328 e. The van der Waals surface area contributed by atoms with Crippen molar-refractivity contribution in [3.05, 3.63) is 0 Å². The summed E-state index contributed by atoms with van der Waals surface area (Å²) in [5, 5.41) is 68.1. The Morgan fingerprint density at radius 2 is 0.860 bits per heavy atom. The second-order valence-corrected chi connectivity index (χ2v) is 12.3. The van der Waals surface area contributed by atoms with Gasteiger partial charge >= 0.3 is 23.9 Å². The number of aliphatic hydroxyl groups is 2. The molecule has 0 saturated heterocycles. The van der Waals surface area contributed by atoms with Gasteiger partial charge in [0, 0.05) is 19.3 Å². The highest BCUT2D eigenvalue weighted by molar-refractivity contribution is 5.98. The largest absolute Gasteiger partial charge is 0.481 e. The Morgan fingerprint density at radius 3 is 1.23 bits per heavy atom. The fourth-order valence-electron chi connectivity index (χ4n) is 4.52. The molecular formula is C30H47N9O18. The van der Waals surface area contributed by atoms with Crippen molar-refractivity contribution in [2.45, 2.75) is 107 Å². The Kier molecular flexibility index (Phi) is 22.0. The van der Waals surface area contributed by atoms with E-state index in [1.54, 1.807) is 0 Å². The van der Waals surface area contributed by atoms with Gasteiger partial charge in [-0.25, -0.2) is 4.79 Å². The zero-order chi connectivity index (χ0) is 44.2. The predicted octanol–water partition coefficient (Wildman–Crippen LogP) is -7.97. The third-order valence-electron chi connectivity index (χ3n) is 7.50. The molecule has 0 bridgehead atoms. The summed E-state index contributed by atoms with van der Waals surface area (Å²) in [6.07, 6.45) is -7.55. The number of carbonyl (C=O) groups is 12. The fourth-order valence-corrected chi connectivity index (χ4v) is 4.52. The van der Waals surface area contributed by atoms with Crippen molar-refractivity contribution in [1.82, 2.24) is 31.9 Å². The van der Waals surface area contributed by atoms with Crippen LogP contribution in [0.3, 0.4) is 0 Å². The van der Waals surface area contributed by atoms with Crippen LogP contribution >= 0.6 is 0 Å². The average Bonchev–Trinajstić information content (AvgIpc) is 3.09. The lowest BCUT2D eigenvalue weighted by Crippen LogP contribution is -2.61. The SMILES string of the molecule is C[C@@H](O)[C@H](NC(=O)[C@H](CCC(N)=O)NC(=O)[C@H](CO)NC(=O)[C@H](CC(N)=O)NC(=O)[C@H](CCC(=O)O)NC(=O)[C@H](CCC(=O)O)NC(=O)[C@@H](N)CC(=O)O)C(=O)O. The van der Waals surface area contributed by atoms with Crippen LogP contribution in [0.15, 0.2) is 0 Å². The summed E-state index contributed by atoms with van der Waals surface area (Å²) in [5.41, 5.74) is 15.8. The van der Waals surface area contributed by atoms with Crippen molar-refractivity contribution in [3.63, 3.8) is 0 Å². The number of carboxylic acid groups (broad SMARTS) is 4. The van der Waals surface area contributed by atoms with Gasteiger partial charge in [0.1, 0.15) is 30.2 Å². The van der Waals surface area contributed by atoms with Crippen LogP contribution in [-0.4, -0.2) is 157 Å². The first-order valence-corrected chi connectivity index (χ1v) is 16.7. The minimum absolute atomic E-state index is 0.537. The zero-order valence-electron chi connectivity index (χ0n) is 30.3. The lowest BCUT2D eigenvalue weighted by Gasteiger charge is -2.27. The van der Waals surface area contributed by atoms with Gasteiger partial charge < -0.3 is 79.7 Å². The van der Waals surface area contributed by atoms with E-state index in [4.69, 9.17) is 27.4 Å². The van der Waals surface area contributed by atoms with Crippen LogP contribution in [0, 0.1) is 0 Å². The zero-order valence-corrected chi connectivity index (χ0v) is 30.3. The van der Waals surface area contributed by atoms with Gasteiger partial charge in [-0.05, 0) is 26.2 Å². The molecule has 0 rings (SSSR count). The van der Waals surface area contributed by atoms with Gasteiger partial charge in [-0.2, -0.15) is 0 Å². The third kappa shape index (κ3) is 20.1. The van der Waals surface area contributed by atoms with E-state index < -0.39 is 178 Å². The maximum atomic E-state index is 13.4. The van der Waals surface area contributed by atoms with E-state index in [2.05, 4.69) is 10.6 Å². The van der Waals surface area contributed by atoms with E-state index in [9.17, 15) is 78.0 Å². The monoisotopic (exact) mass is 821 g/mol. The molecule has 0 heterocycles. The van der Waals surface area contributed by atoms with E-state index >= 15 is 0 Å². The van der Waals surface area contributed by atoms with Crippen molar-refractivity contribution in [2.75, 3.05) is 6.61 Å². The highest BCUT2D eigenvalue weighted by Gasteiger charge is 2.35. The molecule has 0 aromatic carbocycles. The van der Waals surface area contributed by atoms with Crippen molar-refractivity contribution >= 4 is 71.1 Å². The van der Waals surface area contributed by atoms with Gasteiger partial charge in [0.15, 0.2) is 6.04 Å². The Hall–Kier alpha value is -6.48. The Morgan fingerprint density at radius 1 is 0.491 bits per heavy atom. The topological polar surface area (TPSA) is 476 Å². The van der Waals surface area contributed by atoms with Gasteiger partial charge in [0.05, 0.1) is 31.6 Å². The van der Waals surface area contributed by atoms with Gasteiger partial charge in [0.25, 0.3) is 0 Å². The lowest BCUT2D eigenvalue weighted by atomic mass is 10.1. The first-order valence-electron chi connectivity index (χ1n) is 16.7. The minimum Gasteiger partial charge on any atom is -0.481 e. The van der Waals surface area contributed by atoms with Crippen LogP contribution < -0.4 is 49.1 Å². The molecule has 27 nitrogen and oxygen atoms in total. The summed E-state index contributed by atoms with van der Waals surface area (Å²) in [6, 6.07) is -13.0. The van der Waals surface area contributed by atoms with E-state index in [0.717, 1.165) is 6.92 Å². The summed E-state index contributed by atoms with van der Waals surface area (Å²) in [4.78, 5) is 146. The molecule has 0 aromatic rings. The molecule has 18 N–H and O–H groups in total. The number of aliphatic carboxylic acids is 4. The van der Waals surface area contributed by atoms with Crippen molar-refractivity contribution in [1.29, 1.82) is 0 Å². The molecule has 8 atom stereocenters. The minimum atomic E-state index is -2.02. The normalized spacial score (nSPS) is 14.9. The van der Waals surface area contributed by atoms with Gasteiger partial charge in [-0.3, -0.25) is 52.7 Å². The van der Waals surface area contributed by atoms with Gasteiger partial charge in [-0.1, -0.05) is 0 Å². The summed E-state index contributed by atoms with van der Waals surface area (Å²) < 4.78 is 0. The fraction of sp³-hybridized carbons (Fsp3) is 0.600. The molecule has 0 aliphatic rings. The number of hydrogen-bond donors (Lipinski definition) is 15. The summed E-state index contributed by atoms with van der Waals surface area (Å²) in [5.74, 6) is -16.1. The molecular weight excluding hydrogens is 774 g/mol. The highest BCUT2D eigenvalue weighted by atomic mass is 16.4. The van der Waals surface area contributed by atoms with Crippen LogP contribution in [0.25, 0.3) is 0 Å². The molecule has 0 aromatic heterocycles. The lowest BCUT2D eigenvalue weighted by molar-refractivity contribution is -0.145. The van der Waals surface area contributed by atoms with E-state index in [0.29, 0.717) is 0 Å². The van der Waals surface area contributed by atoms with E-state index in [-0.39, 0.29) is 0 Å². The number of carbonyl (C=O) groups excluding carboxylic acids is 8. The smallest absolute Gasteiger partial charge is 0.328 e. The summed E-state index contributed by atoms with van der Waals surface area (Å²) in [7, 11) is 0. The maximum absolute atomic E-state index is 13.4. The van der Waals surface area contributed by atoms with Gasteiger partial charge in [-0.15, -0.1) is 0 Å². The second kappa shape index (κ2) is 24.8. The van der Waals surface area contributed by atoms with Crippen LogP contribution in [-0.2, 0) is 57.5 Å². The number of carboxylic acids is 4. The van der Waals surface area contributed by atoms with Crippen LogP contribution in [0.1, 0.15) is 58.3 Å². The van der Waals surface area contributed by atoms with Crippen molar-refractivity contribution in [2.24, 2.45) is 17.2 Å². The van der Waals surface area contributed by atoms with E-state index in [1.165, 1.54) is 0 Å². The summed E-state index contributed by atoms with van der Waals surface area (Å²) in [6.45, 7) is -0.194. The first-order chi connectivity index (χ1) is 26.4. The third-order valence-corrected chi connectivity index (χ3v) is 7.50. The molecule has 0 spiro atoms. The number of amides is 8. The summed E-state index contributed by atoms with van der Waals surface area (Å²) >= 11 is 0. The van der Waals surface area contributed by atoms with Crippen molar-refractivity contribution in [3.8, 4) is 0 Å². The molecule has 57 heavy (non-hydrogen) atoms. The van der Waals surface area contributed by atoms with Gasteiger partial charge in [0.2, 0.25) is 47.3 Å².